The Hall–Kier alpha value is -4.36. The van der Waals surface area contributed by atoms with Crippen molar-refractivity contribution in [2.45, 2.75) is 6.04 Å². The fraction of sp³-hybridized carbons (Fsp3) is 0.200. The molecule has 0 bridgehead atoms. The molecule has 188 valence electrons. The molecule has 0 spiro atoms. The van der Waals surface area contributed by atoms with E-state index in [0.29, 0.717) is 24.5 Å². The highest BCUT2D eigenvalue weighted by Crippen LogP contribution is 2.29. The lowest BCUT2D eigenvalue weighted by Crippen LogP contribution is -2.51. The first-order valence-electron chi connectivity index (χ1n) is 12.4. The van der Waals surface area contributed by atoms with Gasteiger partial charge in [-0.3, -0.25) is 14.5 Å². The number of amides is 2. The van der Waals surface area contributed by atoms with Gasteiger partial charge in [-0.1, -0.05) is 66.7 Å². The van der Waals surface area contributed by atoms with Crippen LogP contribution < -0.4 is 10.1 Å². The summed E-state index contributed by atoms with van der Waals surface area (Å²) in [7, 11) is 0. The van der Waals surface area contributed by atoms with Crippen LogP contribution in [0.25, 0.3) is 0 Å². The largest absolute Gasteiger partial charge is 0.484 e. The molecule has 0 aliphatic carbocycles. The molecular formula is C30H29N3O4. The third-order valence-corrected chi connectivity index (χ3v) is 6.46. The number of benzene rings is 3. The molecule has 2 heterocycles. The fourth-order valence-corrected chi connectivity index (χ4v) is 4.61. The van der Waals surface area contributed by atoms with Crippen LogP contribution in [0, 0.1) is 0 Å². The van der Waals surface area contributed by atoms with Crippen molar-refractivity contribution in [3.8, 4) is 5.75 Å². The molecule has 1 fully saturated rings. The molecule has 1 aromatic heterocycles. The molecule has 0 saturated carbocycles. The Balaban J connectivity index is 1.16. The Morgan fingerprint density at radius 3 is 2.11 bits per heavy atom. The van der Waals surface area contributed by atoms with Gasteiger partial charge in [0.2, 0.25) is 0 Å². The Morgan fingerprint density at radius 1 is 0.811 bits per heavy atom. The molecule has 1 N–H and O–H groups in total. The highest BCUT2D eigenvalue weighted by Gasteiger charge is 2.28. The van der Waals surface area contributed by atoms with Crippen molar-refractivity contribution in [1.82, 2.24) is 9.80 Å². The van der Waals surface area contributed by atoms with E-state index in [9.17, 15) is 9.59 Å². The van der Waals surface area contributed by atoms with E-state index in [1.165, 1.54) is 17.4 Å². The third kappa shape index (κ3) is 6.08. The molecule has 3 aromatic carbocycles. The minimum Gasteiger partial charge on any atom is -0.484 e. The van der Waals surface area contributed by atoms with Crippen molar-refractivity contribution in [3.63, 3.8) is 0 Å². The van der Waals surface area contributed by atoms with Crippen LogP contribution >= 0.6 is 0 Å². The van der Waals surface area contributed by atoms with Gasteiger partial charge in [0.25, 0.3) is 11.8 Å². The Labute approximate surface area is 216 Å². The van der Waals surface area contributed by atoms with E-state index in [4.69, 9.17) is 9.15 Å². The molecule has 1 aliphatic rings. The number of hydrogen-bond donors (Lipinski definition) is 1. The number of nitrogens with one attached hydrogen (secondary N) is 1. The smallest absolute Gasteiger partial charge is 0.291 e. The Bertz CT molecular complexity index is 1260. The predicted octanol–water partition coefficient (Wildman–Crippen LogP) is 4.84. The van der Waals surface area contributed by atoms with Crippen LogP contribution in [0.1, 0.15) is 27.7 Å². The van der Waals surface area contributed by atoms with Gasteiger partial charge in [0.1, 0.15) is 5.75 Å². The summed E-state index contributed by atoms with van der Waals surface area (Å²) in [6, 6.07) is 31.4. The second-order valence-electron chi connectivity index (χ2n) is 8.89. The maximum atomic E-state index is 12.9. The molecule has 1 saturated heterocycles. The number of ether oxygens (including phenoxy) is 1. The number of hydrogen-bond acceptors (Lipinski definition) is 5. The monoisotopic (exact) mass is 495 g/mol. The number of anilines is 1. The van der Waals surface area contributed by atoms with Crippen molar-refractivity contribution in [1.29, 1.82) is 0 Å². The average Bonchev–Trinajstić information content (AvgIpc) is 3.49. The zero-order valence-electron chi connectivity index (χ0n) is 20.5. The fourth-order valence-electron chi connectivity index (χ4n) is 4.61. The summed E-state index contributed by atoms with van der Waals surface area (Å²) in [6.45, 7) is 2.76. The topological polar surface area (TPSA) is 75.0 Å². The van der Waals surface area contributed by atoms with Gasteiger partial charge in [-0.15, -0.1) is 0 Å². The molecule has 0 unspecified atom stereocenters. The molecular weight excluding hydrogens is 466 g/mol. The summed E-state index contributed by atoms with van der Waals surface area (Å²) >= 11 is 0. The van der Waals surface area contributed by atoms with Crippen molar-refractivity contribution < 1.29 is 18.7 Å². The molecule has 1 aliphatic heterocycles. The molecule has 4 aromatic rings. The summed E-state index contributed by atoms with van der Waals surface area (Å²) < 4.78 is 10.9. The maximum Gasteiger partial charge on any atom is 0.291 e. The quantitative estimate of drug-likeness (QED) is 0.379. The van der Waals surface area contributed by atoms with Crippen LogP contribution in [0.2, 0.25) is 0 Å². The first-order valence-corrected chi connectivity index (χ1v) is 12.4. The number of rotatable bonds is 8. The van der Waals surface area contributed by atoms with Gasteiger partial charge in [0.15, 0.2) is 12.4 Å². The first kappa shape index (κ1) is 24.3. The minimum absolute atomic E-state index is 0.0550. The highest BCUT2D eigenvalue weighted by atomic mass is 16.5. The third-order valence-electron chi connectivity index (χ3n) is 6.46. The van der Waals surface area contributed by atoms with Gasteiger partial charge in [-0.25, -0.2) is 0 Å². The van der Waals surface area contributed by atoms with E-state index in [1.807, 2.05) is 17.0 Å². The van der Waals surface area contributed by atoms with Crippen molar-refractivity contribution in [2.24, 2.45) is 0 Å². The molecule has 37 heavy (non-hydrogen) atoms. The zero-order chi connectivity index (χ0) is 25.5. The molecule has 7 heteroatoms. The van der Waals surface area contributed by atoms with Gasteiger partial charge in [0.05, 0.1) is 12.3 Å². The number of carbonyl (C=O) groups is 2. The second kappa shape index (κ2) is 11.6. The maximum absolute atomic E-state index is 12.9. The summed E-state index contributed by atoms with van der Waals surface area (Å²) in [4.78, 5) is 29.4. The van der Waals surface area contributed by atoms with Crippen LogP contribution in [-0.2, 0) is 4.79 Å². The van der Waals surface area contributed by atoms with E-state index in [2.05, 4.69) is 58.7 Å². The van der Waals surface area contributed by atoms with Gasteiger partial charge in [-0.05, 0) is 35.4 Å². The predicted molar refractivity (Wildman–Crippen MR) is 141 cm³/mol. The average molecular weight is 496 g/mol. The van der Waals surface area contributed by atoms with Crippen molar-refractivity contribution >= 4 is 17.5 Å². The van der Waals surface area contributed by atoms with Crippen molar-refractivity contribution in [2.75, 3.05) is 38.1 Å². The first-order chi connectivity index (χ1) is 18.2. The number of furan rings is 1. The molecule has 0 radical (unpaired) electrons. The Kier molecular flexibility index (Phi) is 7.62. The lowest BCUT2D eigenvalue weighted by molar-refractivity contribution is -0.135. The summed E-state index contributed by atoms with van der Waals surface area (Å²) in [5.74, 6) is 0.334. The van der Waals surface area contributed by atoms with Crippen molar-refractivity contribution in [3.05, 3.63) is 120 Å². The van der Waals surface area contributed by atoms with Crippen LogP contribution in [0.3, 0.4) is 0 Å². The van der Waals surface area contributed by atoms with E-state index in [0.717, 1.165) is 13.1 Å². The van der Waals surface area contributed by atoms with Gasteiger partial charge < -0.3 is 19.4 Å². The van der Waals surface area contributed by atoms with E-state index in [1.54, 1.807) is 36.4 Å². The molecule has 0 atom stereocenters. The minimum atomic E-state index is -0.347. The second-order valence-corrected chi connectivity index (χ2v) is 8.89. The van der Waals surface area contributed by atoms with E-state index >= 15 is 0 Å². The number of piperazine rings is 1. The van der Waals surface area contributed by atoms with Gasteiger partial charge in [0, 0.05) is 37.9 Å². The lowest BCUT2D eigenvalue weighted by atomic mass is 9.96. The summed E-state index contributed by atoms with van der Waals surface area (Å²) in [6.07, 6.45) is 1.45. The normalized spacial score (nSPS) is 13.9. The number of nitrogens with zero attached hydrogens (tertiary/aromatic N) is 2. The van der Waals surface area contributed by atoms with E-state index < -0.39 is 0 Å². The zero-order valence-corrected chi connectivity index (χ0v) is 20.5. The lowest BCUT2D eigenvalue weighted by Gasteiger charge is -2.39. The summed E-state index contributed by atoms with van der Waals surface area (Å²) in [5.41, 5.74) is 3.06. The molecule has 7 nitrogen and oxygen atoms in total. The Morgan fingerprint density at radius 2 is 1.49 bits per heavy atom. The van der Waals surface area contributed by atoms with Crippen LogP contribution in [0.5, 0.6) is 5.75 Å². The molecule has 5 rings (SSSR count). The number of carbonyl (C=O) groups excluding carboxylic acids is 2. The van der Waals surface area contributed by atoms with E-state index in [-0.39, 0.29) is 30.2 Å². The van der Waals surface area contributed by atoms with Gasteiger partial charge >= 0.3 is 0 Å². The SMILES string of the molecule is O=C(Nc1cccc(OCC(=O)N2CCN(C(c3ccccc3)c3ccccc3)CC2)c1)c1ccco1. The van der Waals surface area contributed by atoms with Gasteiger partial charge in [-0.2, -0.15) is 0 Å². The summed E-state index contributed by atoms with van der Waals surface area (Å²) in [5, 5.41) is 2.76. The van der Waals surface area contributed by atoms with Crippen LogP contribution in [0.15, 0.2) is 108 Å². The molecule has 2 amide bonds. The van der Waals surface area contributed by atoms with Crippen LogP contribution in [-0.4, -0.2) is 54.4 Å². The standard InChI is InChI=1S/C30H29N3O4/c34-28(22-37-26-14-7-13-25(21-26)31-30(35)27-15-8-20-36-27)32-16-18-33(19-17-32)29(23-9-3-1-4-10-23)24-11-5-2-6-12-24/h1-15,20-21,29H,16-19,22H2,(H,31,35). The van der Waals surface area contributed by atoms with Crippen LogP contribution in [0.4, 0.5) is 5.69 Å². The highest BCUT2D eigenvalue weighted by molar-refractivity contribution is 6.02.